The van der Waals surface area contributed by atoms with Gasteiger partial charge in [-0.15, -0.1) is 0 Å². The molecule has 0 fully saturated rings. The zero-order chi connectivity index (χ0) is 15.2. The molecule has 21 heavy (non-hydrogen) atoms. The molecule has 0 N–H and O–H groups in total. The lowest BCUT2D eigenvalue weighted by Gasteiger charge is -2.27. The van der Waals surface area contributed by atoms with Gasteiger partial charge in [0.05, 0.1) is 17.8 Å². The molecule has 2 heterocycles. The molecule has 4 nitrogen and oxygen atoms in total. The monoisotopic (exact) mass is 295 g/mol. The number of carbonyl (C=O) groups is 1. The molecule has 2 aromatic rings. The molecule has 7 heteroatoms. The number of hydrogen-bond donors (Lipinski definition) is 0. The Balaban J connectivity index is 1.90. The van der Waals surface area contributed by atoms with E-state index in [2.05, 4.69) is 5.10 Å². The predicted octanol–water partition coefficient (Wildman–Crippen LogP) is 2.87. The SMILES string of the molecule is Cc1cc2n(n1)CCN(c1ccc(C(F)(F)F)cc1)C2=O. The number of alkyl halides is 3. The lowest BCUT2D eigenvalue weighted by Crippen LogP contribution is -2.40. The molecule has 0 unspecified atom stereocenters. The van der Waals surface area contributed by atoms with Crippen molar-refractivity contribution in [3.63, 3.8) is 0 Å². The zero-order valence-electron chi connectivity index (χ0n) is 11.2. The predicted molar refractivity (Wildman–Crippen MR) is 70.1 cm³/mol. The van der Waals surface area contributed by atoms with Gasteiger partial charge < -0.3 is 4.90 Å². The molecule has 1 aliphatic rings. The van der Waals surface area contributed by atoms with Gasteiger partial charge >= 0.3 is 6.18 Å². The number of hydrogen-bond acceptors (Lipinski definition) is 2. The van der Waals surface area contributed by atoms with Gasteiger partial charge in [0.25, 0.3) is 5.91 Å². The first kappa shape index (κ1) is 13.7. The first-order chi connectivity index (χ1) is 9.86. The van der Waals surface area contributed by atoms with E-state index in [1.165, 1.54) is 17.0 Å². The highest BCUT2D eigenvalue weighted by atomic mass is 19.4. The van der Waals surface area contributed by atoms with Crippen LogP contribution in [-0.2, 0) is 12.7 Å². The molecule has 0 saturated carbocycles. The fraction of sp³-hybridized carbons (Fsp3) is 0.286. The highest BCUT2D eigenvalue weighted by molar-refractivity contribution is 6.05. The minimum absolute atomic E-state index is 0.249. The van der Waals surface area contributed by atoms with Crippen LogP contribution in [0.1, 0.15) is 21.7 Å². The van der Waals surface area contributed by atoms with Crippen LogP contribution in [0.5, 0.6) is 0 Å². The highest BCUT2D eigenvalue weighted by Crippen LogP contribution is 2.31. The van der Waals surface area contributed by atoms with Crippen LogP contribution >= 0.6 is 0 Å². The number of benzene rings is 1. The smallest absolute Gasteiger partial charge is 0.305 e. The third-order valence-electron chi connectivity index (χ3n) is 3.41. The van der Waals surface area contributed by atoms with Crippen molar-refractivity contribution < 1.29 is 18.0 Å². The Morgan fingerprint density at radius 3 is 2.43 bits per heavy atom. The van der Waals surface area contributed by atoms with Crippen LogP contribution < -0.4 is 4.90 Å². The number of carbonyl (C=O) groups excluding carboxylic acids is 1. The van der Waals surface area contributed by atoms with Crippen molar-refractivity contribution in [1.82, 2.24) is 9.78 Å². The Bertz CT molecular complexity index is 688. The van der Waals surface area contributed by atoms with Crippen LogP contribution in [0.15, 0.2) is 30.3 Å². The van der Waals surface area contributed by atoms with Crippen molar-refractivity contribution in [2.45, 2.75) is 19.6 Å². The Hall–Kier alpha value is -2.31. The molecule has 1 aromatic heterocycles. The van der Waals surface area contributed by atoms with E-state index >= 15 is 0 Å². The summed E-state index contributed by atoms with van der Waals surface area (Å²) < 4.78 is 39.3. The van der Waals surface area contributed by atoms with Gasteiger partial charge in [-0.2, -0.15) is 18.3 Å². The maximum Gasteiger partial charge on any atom is 0.416 e. The summed E-state index contributed by atoms with van der Waals surface area (Å²) in [5.41, 5.74) is 0.931. The van der Waals surface area contributed by atoms with Gasteiger partial charge in [-0.1, -0.05) is 0 Å². The van der Waals surface area contributed by atoms with Gasteiger partial charge in [-0.05, 0) is 37.3 Å². The molecular weight excluding hydrogens is 283 g/mol. The van der Waals surface area contributed by atoms with Crippen molar-refractivity contribution in [3.05, 3.63) is 47.3 Å². The van der Waals surface area contributed by atoms with E-state index in [9.17, 15) is 18.0 Å². The molecule has 0 aliphatic carbocycles. The van der Waals surface area contributed by atoms with E-state index in [4.69, 9.17) is 0 Å². The number of rotatable bonds is 1. The topological polar surface area (TPSA) is 38.1 Å². The minimum atomic E-state index is -4.37. The Morgan fingerprint density at radius 2 is 1.81 bits per heavy atom. The Kier molecular flexibility index (Phi) is 3.00. The average Bonchev–Trinajstić information content (AvgIpc) is 2.80. The van der Waals surface area contributed by atoms with Gasteiger partial charge in [-0.25, -0.2) is 0 Å². The van der Waals surface area contributed by atoms with Crippen LogP contribution in [0.4, 0.5) is 18.9 Å². The van der Waals surface area contributed by atoms with E-state index in [-0.39, 0.29) is 5.91 Å². The van der Waals surface area contributed by atoms with E-state index in [0.717, 1.165) is 17.8 Å². The van der Waals surface area contributed by atoms with Crippen LogP contribution in [-0.4, -0.2) is 22.2 Å². The summed E-state index contributed by atoms with van der Waals surface area (Å²) in [4.78, 5) is 13.8. The lowest BCUT2D eigenvalue weighted by atomic mass is 10.1. The second kappa shape index (κ2) is 4.61. The molecule has 0 radical (unpaired) electrons. The number of anilines is 1. The fourth-order valence-corrected chi connectivity index (χ4v) is 2.40. The molecule has 1 amide bonds. The van der Waals surface area contributed by atoms with Crippen LogP contribution in [0.25, 0.3) is 0 Å². The number of halogens is 3. The summed E-state index contributed by atoms with van der Waals surface area (Å²) in [6.07, 6.45) is -4.37. The Morgan fingerprint density at radius 1 is 1.14 bits per heavy atom. The number of amides is 1. The zero-order valence-corrected chi connectivity index (χ0v) is 11.2. The van der Waals surface area contributed by atoms with E-state index in [1.807, 2.05) is 0 Å². The van der Waals surface area contributed by atoms with E-state index < -0.39 is 11.7 Å². The second-order valence-corrected chi connectivity index (χ2v) is 4.90. The number of aryl methyl sites for hydroxylation is 1. The van der Waals surface area contributed by atoms with E-state index in [0.29, 0.717) is 24.5 Å². The second-order valence-electron chi connectivity index (χ2n) is 4.90. The molecule has 0 spiro atoms. The third kappa shape index (κ3) is 2.39. The molecule has 110 valence electrons. The molecule has 0 atom stereocenters. The van der Waals surface area contributed by atoms with Gasteiger partial charge in [0.2, 0.25) is 0 Å². The maximum atomic E-state index is 12.5. The van der Waals surface area contributed by atoms with Crippen molar-refractivity contribution in [2.75, 3.05) is 11.4 Å². The molecule has 1 aromatic carbocycles. The van der Waals surface area contributed by atoms with Gasteiger partial charge in [0.15, 0.2) is 0 Å². The van der Waals surface area contributed by atoms with Crippen molar-refractivity contribution in [3.8, 4) is 0 Å². The normalized spacial score (nSPS) is 15.2. The Labute approximate surface area is 118 Å². The largest absolute Gasteiger partial charge is 0.416 e. The first-order valence-electron chi connectivity index (χ1n) is 6.40. The molecule has 0 bridgehead atoms. The summed E-state index contributed by atoms with van der Waals surface area (Å²) in [5, 5.41) is 4.20. The number of aromatic nitrogens is 2. The third-order valence-corrected chi connectivity index (χ3v) is 3.41. The van der Waals surface area contributed by atoms with Crippen LogP contribution in [0.3, 0.4) is 0 Å². The molecule has 0 saturated heterocycles. The van der Waals surface area contributed by atoms with Gasteiger partial charge in [0.1, 0.15) is 5.69 Å². The summed E-state index contributed by atoms with van der Waals surface area (Å²) in [6, 6.07) is 6.29. The summed E-state index contributed by atoms with van der Waals surface area (Å²) in [5.74, 6) is -0.249. The standard InChI is InChI=1S/C14H12F3N3O/c1-9-8-12-13(21)19(6-7-20(12)18-9)11-4-2-10(3-5-11)14(15,16)17/h2-5,8H,6-7H2,1H3. The minimum Gasteiger partial charge on any atom is -0.305 e. The fourth-order valence-electron chi connectivity index (χ4n) is 2.40. The first-order valence-corrected chi connectivity index (χ1v) is 6.40. The molecule has 1 aliphatic heterocycles. The van der Waals surface area contributed by atoms with Crippen molar-refractivity contribution in [1.29, 1.82) is 0 Å². The maximum absolute atomic E-state index is 12.5. The highest BCUT2D eigenvalue weighted by Gasteiger charge is 2.31. The van der Waals surface area contributed by atoms with Crippen molar-refractivity contribution in [2.24, 2.45) is 0 Å². The summed E-state index contributed by atoms with van der Waals surface area (Å²) >= 11 is 0. The lowest BCUT2D eigenvalue weighted by molar-refractivity contribution is -0.137. The molecular formula is C14H12F3N3O. The summed E-state index contributed by atoms with van der Waals surface area (Å²) in [6.45, 7) is 2.70. The van der Waals surface area contributed by atoms with Crippen LogP contribution in [0.2, 0.25) is 0 Å². The molecule has 3 rings (SSSR count). The number of nitrogens with zero attached hydrogens (tertiary/aromatic N) is 3. The van der Waals surface area contributed by atoms with E-state index in [1.54, 1.807) is 17.7 Å². The average molecular weight is 295 g/mol. The quantitative estimate of drug-likeness (QED) is 0.811. The summed E-state index contributed by atoms with van der Waals surface area (Å²) in [7, 11) is 0. The van der Waals surface area contributed by atoms with Gasteiger partial charge in [-0.3, -0.25) is 9.48 Å². The number of fused-ring (bicyclic) bond motifs is 1. The van der Waals surface area contributed by atoms with Crippen molar-refractivity contribution >= 4 is 11.6 Å². The van der Waals surface area contributed by atoms with Gasteiger partial charge in [0, 0.05) is 12.2 Å². The van der Waals surface area contributed by atoms with Crippen LogP contribution in [0, 0.1) is 6.92 Å².